The lowest BCUT2D eigenvalue weighted by molar-refractivity contribution is 0.300. The normalized spacial score (nSPS) is 19.4. The molecule has 1 aliphatic heterocycles. The van der Waals surface area contributed by atoms with Gasteiger partial charge < -0.3 is 5.32 Å². The summed E-state index contributed by atoms with van der Waals surface area (Å²) in [4.78, 5) is 0. The second kappa shape index (κ2) is 9.95. The van der Waals surface area contributed by atoms with E-state index in [0.29, 0.717) is 11.1 Å². The van der Waals surface area contributed by atoms with Crippen LogP contribution >= 0.6 is 11.6 Å². The van der Waals surface area contributed by atoms with E-state index in [0.717, 1.165) is 38.8 Å². The van der Waals surface area contributed by atoms with Crippen LogP contribution in [0.25, 0.3) is 0 Å². The van der Waals surface area contributed by atoms with Crippen LogP contribution in [0.3, 0.4) is 0 Å². The average Bonchev–Trinajstić information content (AvgIpc) is 2.49. The minimum Gasteiger partial charge on any atom is -0.317 e. The average molecular weight is 297 g/mol. The quantitative estimate of drug-likeness (QED) is 0.407. The van der Waals surface area contributed by atoms with Gasteiger partial charge in [-0.2, -0.15) is 0 Å². The number of hydrogen-bond acceptors (Lipinski definition) is 2. The van der Waals surface area contributed by atoms with Gasteiger partial charge in [0.25, 0.3) is 0 Å². The Labute approximate surface area is 129 Å². The minimum absolute atomic E-state index is 0.166. The van der Waals surface area contributed by atoms with Crippen LogP contribution in [-0.4, -0.2) is 18.3 Å². The standard InChI is InChI=1S/C15H25ClN2.C2H4/c1-4-12(3)10-13(5-2)11-15(14(16)17)6-8-18-9-7-15;1-2/h5,10,12,17-18H,2,4,6-9,11H2,1,3H3;1-2H2/b13-10+,17-14?;. The van der Waals surface area contributed by atoms with Gasteiger partial charge in [-0.1, -0.05) is 56.2 Å². The molecule has 1 rings (SSSR count). The van der Waals surface area contributed by atoms with Gasteiger partial charge in [0.05, 0.1) is 0 Å². The summed E-state index contributed by atoms with van der Waals surface area (Å²) in [5.41, 5.74) is 1.07. The molecule has 0 amide bonds. The molecule has 1 fully saturated rings. The topological polar surface area (TPSA) is 35.9 Å². The van der Waals surface area contributed by atoms with Crippen molar-refractivity contribution in [1.82, 2.24) is 5.32 Å². The molecule has 0 radical (unpaired) electrons. The van der Waals surface area contributed by atoms with Gasteiger partial charge in [-0.3, -0.25) is 5.41 Å². The second-order valence-electron chi connectivity index (χ2n) is 5.35. The number of halogens is 1. The Kier molecular flexibility index (Phi) is 9.52. The van der Waals surface area contributed by atoms with Crippen LogP contribution < -0.4 is 5.32 Å². The van der Waals surface area contributed by atoms with Crippen molar-refractivity contribution in [2.75, 3.05) is 13.1 Å². The van der Waals surface area contributed by atoms with E-state index in [1.54, 1.807) is 0 Å². The highest BCUT2D eigenvalue weighted by molar-refractivity contribution is 6.65. The Morgan fingerprint density at radius 2 is 1.95 bits per heavy atom. The molecule has 1 saturated heterocycles. The number of nitrogens with one attached hydrogen (secondary N) is 2. The predicted octanol–water partition coefficient (Wildman–Crippen LogP) is 4.92. The Morgan fingerprint density at radius 3 is 2.35 bits per heavy atom. The molecule has 1 aliphatic rings. The number of piperidine rings is 1. The fourth-order valence-corrected chi connectivity index (χ4v) is 2.71. The summed E-state index contributed by atoms with van der Waals surface area (Å²) in [5, 5.41) is 11.6. The molecule has 1 unspecified atom stereocenters. The Bertz CT molecular complexity index is 341. The van der Waals surface area contributed by atoms with Gasteiger partial charge in [0, 0.05) is 5.41 Å². The highest BCUT2D eigenvalue weighted by Gasteiger charge is 2.36. The number of allylic oxidation sites excluding steroid dienone is 3. The predicted molar refractivity (Wildman–Crippen MR) is 91.7 cm³/mol. The molecule has 2 nitrogen and oxygen atoms in total. The van der Waals surface area contributed by atoms with Gasteiger partial charge in [-0.25, -0.2) is 0 Å². The lowest BCUT2D eigenvalue weighted by atomic mass is 9.74. The summed E-state index contributed by atoms with van der Waals surface area (Å²) in [6.45, 7) is 16.2. The lowest BCUT2D eigenvalue weighted by Gasteiger charge is -2.36. The van der Waals surface area contributed by atoms with Crippen molar-refractivity contribution >= 4 is 16.8 Å². The van der Waals surface area contributed by atoms with Crippen molar-refractivity contribution in [2.24, 2.45) is 11.3 Å². The van der Waals surface area contributed by atoms with Crippen molar-refractivity contribution < 1.29 is 0 Å². The summed E-state index contributed by atoms with van der Waals surface area (Å²) in [6, 6.07) is 0. The zero-order valence-electron chi connectivity index (χ0n) is 13.0. The van der Waals surface area contributed by atoms with E-state index in [4.69, 9.17) is 17.0 Å². The second-order valence-corrected chi connectivity index (χ2v) is 5.73. The summed E-state index contributed by atoms with van der Waals surface area (Å²) >= 11 is 6.08. The van der Waals surface area contributed by atoms with Crippen molar-refractivity contribution in [3.63, 3.8) is 0 Å². The first-order valence-electron chi connectivity index (χ1n) is 7.32. The molecule has 0 aromatic rings. The zero-order chi connectivity index (χ0) is 15.6. The molecule has 1 heterocycles. The number of hydrogen-bond donors (Lipinski definition) is 2. The monoisotopic (exact) mass is 296 g/mol. The summed E-state index contributed by atoms with van der Waals surface area (Å²) in [5.74, 6) is 0.557. The van der Waals surface area contributed by atoms with Crippen molar-refractivity contribution in [3.05, 3.63) is 37.5 Å². The highest BCUT2D eigenvalue weighted by atomic mass is 35.5. The van der Waals surface area contributed by atoms with Gasteiger partial charge in [-0.05, 0) is 38.3 Å². The summed E-state index contributed by atoms with van der Waals surface area (Å²) in [6.07, 6.45) is 8.07. The molecule has 114 valence electrons. The van der Waals surface area contributed by atoms with Crippen molar-refractivity contribution in [3.8, 4) is 0 Å². The molecule has 1 atom stereocenters. The fraction of sp³-hybridized carbons (Fsp3) is 0.588. The zero-order valence-corrected chi connectivity index (χ0v) is 13.7. The third-order valence-electron chi connectivity index (χ3n) is 3.97. The van der Waals surface area contributed by atoms with Gasteiger partial charge in [0.2, 0.25) is 0 Å². The van der Waals surface area contributed by atoms with E-state index >= 15 is 0 Å². The molecule has 0 aromatic carbocycles. The maximum Gasteiger partial charge on any atom is 0.104 e. The molecule has 3 heteroatoms. The van der Waals surface area contributed by atoms with Crippen LogP contribution in [0.5, 0.6) is 0 Å². The molecule has 0 bridgehead atoms. The van der Waals surface area contributed by atoms with E-state index in [2.05, 4.69) is 45.0 Å². The summed E-state index contributed by atoms with van der Waals surface area (Å²) < 4.78 is 0. The van der Waals surface area contributed by atoms with E-state index in [1.165, 1.54) is 5.57 Å². The van der Waals surface area contributed by atoms with Crippen LogP contribution in [0.1, 0.15) is 39.5 Å². The third-order valence-corrected chi connectivity index (χ3v) is 4.37. The van der Waals surface area contributed by atoms with Crippen LogP contribution in [-0.2, 0) is 0 Å². The van der Waals surface area contributed by atoms with Gasteiger partial charge in [0.1, 0.15) is 5.17 Å². The Balaban J connectivity index is 0.00000172. The van der Waals surface area contributed by atoms with Crippen LogP contribution in [0.4, 0.5) is 0 Å². The lowest BCUT2D eigenvalue weighted by Crippen LogP contribution is -2.40. The molecule has 0 saturated carbocycles. The first-order chi connectivity index (χ1) is 9.54. The van der Waals surface area contributed by atoms with E-state index in [1.807, 2.05) is 6.08 Å². The molecule has 2 N–H and O–H groups in total. The first-order valence-corrected chi connectivity index (χ1v) is 7.70. The van der Waals surface area contributed by atoms with Crippen LogP contribution in [0.2, 0.25) is 0 Å². The van der Waals surface area contributed by atoms with Gasteiger partial charge in [-0.15, -0.1) is 13.2 Å². The first kappa shape index (κ1) is 19.1. The SMILES string of the molecule is C=C.C=C/C(=C\C(C)CC)CC1(C(=N)Cl)CCNCC1. The Hall–Kier alpha value is -0.860. The van der Waals surface area contributed by atoms with E-state index < -0.39 is 0 Å². The molecule has 0 aliphatic carbocycles. The molecule has 0 aromatic heterocycles. The number of rotatable bonds is 6. The van der Waals surface area contributed by atoms with Crippen LogP contribution in [0.15, 0.2) is 37.5 Å². The van der Waals surface area contributed by atoms with Crippen LogP contribution in [0, 0.1) is 16.7 Å². The van der Waals surface area contributed by atoms with Gasteiger partial charge >= 0.3 is 0 Å². The Morgan fingerprint density at radius 1 is 1.40 bits per heavy atom. The van der Waals surface area contributed by atoms with E-state index in [9.17, 15) is 0 Å². The van der Waals surface area contributed by atoms with Crippen molar-refractivity contribution in [2.45, 2.75) is 39.5 Å². The molecular formula is C17H29ClN2. The van der Waals surface area contributed by atoms with E-state index in [-0.39, 0.29) is 5.41 Å². The molecular weight excluding hydrogens is 268 g/mol. The minimum atomic E-state index is -0.166. The molecule has 20 heavy (non-hydrogen) atoms. The largest absolute Gasteiger partial charge is 0.317 e. The fourth-order valence-electron chi connectivity index (χ4n) is 2.45. The third kappa shape index (κ3) is 5.64. The van der Waals surface area contributed by atoms with Crippen molar-refractivity contribution in [1.29, 1.82) is 5.41 Å². The van der Waals surface area contributed by atoms with Gasteiger partial charge in [0.15, 0.2) is 0 Å². The maximum absolute atomic E-state index is 7.91. The smallest absolute Gasteiger partial charge is 0.104 e. The summed E-state index contributed by atoms with van der Waals surface area (Å²) in [7, 11) is 0. The highest BCUT2D eigenvalue weighted by Crippen LogP contribution is 2.38. The molecule has 0 spiro atoms. The maximum atomic E-state index is 7.91.